The molecule has 0 bridgehead atoms. The molecule has 3 N–H and O–H groups in total. The monoisotopic (exact) mass is 417 g/mol. The summed E-state index contributed by atoms with van der Waals surface area (Å²) in [5.41, 5.74) is 0.640. The summed E-state index contributed by atoms with van der Waals surface area (Å²) in [4.78, 5) is 37.0. The number of furan rings is 1. The second-order valence-electron chi connectivity index (χ2n) is 7.80. The molecule has 0 saturated heterocycles. The van der Waals surface area contributed by atoms with Crippen molar-refractivity contribution in [3.05, 3.63) is 36.1 Å². The van der Waals surface area contributed by atoms with Crippen LogP contribution in [-0.4, -0.2) is 43.1 Å². The number of alkyl carbamates (subject to hydrolysis) is 1. The van der Waals surface area contributed by atoms with Crippen molar-refractivity contribution in [3.63, 3.8) is 0 Å². The summed E-state index contributed by atoms with van der Waals surface area (Å²) in [5, 5.41) is 9.18. The molecule has 0 aliphatic heterocycles. The highest BCUT2D eigenvalue weighted by Gasteiger charge is 2.28. The normalized spacial score (nSPS) is 13.2. The number of benzene rings is 1. The van der Waals surface area contributed by atoms with Crippen molar-refractivity contribution in [2.75, 3.05) is 13.2 Å². The van der Waals surface area contributed by atoms with Crippen LogP contribution in [-0.2, 0) is 9.53 Å². The molecular formula is C22H31N3O5. The van der Waals surface area contributed by atoms with Gasteiger partial charge in [0.15, 0.2) is 5.76 Å². The molecule has 3 amide bonds. The van der Waals surface area contributed by atoms with Crippen molar-refractivity contribution in [2.45, 2.75) is 46.7 Å². The molecule has 0 spiro atoms. The number of fused-ring (bicyclic) bond motifs is 1. The van der Waals surface area contributed by atoms with Gasteiger partial charge < -0.3 is 25.1 Å². The lowest BCUT2D eigenvalue weighted by atomic mass is 10.0. The largest absolute Gasteiger partial charge is 0.451 e. The second-order valence-corrected chi connectivity index (χ2v) is 7.80. The van der Waals surface area contributed by atoms with Gasteiger partial charge in [-0.3, -0.25) is 9.59 Å². The van der Waals surface area contributed by atoms with E-state index in [4.69, 9.17) is 9.15 Å². The Labute approximate surface area is 176 Å². The maximum absolute atomic E-state index is 12.8. The van der Waals surface area contributed by atoms with Gasteiger partial charge in [0.1, 0.15) is 11.6 Å². The fraction of sp³-hybridized carbons (Fsp3) is 0.500. The van der Waals surface area contributed by atoms with E-state index < -0.39 is 12.1 Å². The molecule has 2 aromatic rings. The minimum atomic E-state index is -0.739. The van der Waals surface area contributed by atoms with Crippen LogP contribution in [0.5, 0.6) is 0 Å². The van der Waals surface area contributed by atoms with Gasteiger partial charge in [0.25, 0.3) is 5.91 Å². The molecule has 2 rings (SSSR count). The lowest BCUT2D eigenvalue weighted by molar-refractivity contribution is -0.125. The molecule has 0 aliphatic rings. The topological polar surface area (TPSA) is 110 Å². The molecule has 0 fully saturated rings. The average Bonchev–Trinajstić information content (AvgIpc) is 3.13. The Bertz CT molecular complexity index is 842. The van der Waals surface area contributed by atoms with Crippen molar-refractivity contribution in [1.82, 2.24) is 16.0 Å². The zero-order valence-corrected chi connectivity index (χ0v) is 18.2. The molecule has 1 heterocycles. The Hall–Kier alpha value is -3.03. The van der Waals surface area contributed by atoms with Crippen LogP contribution in [0.15, 0.2) is 34.7 Å². The van der Waals surface area contributed by atoms with Gasteiger partial charge in [-0.1, -0.05) is 45.9 Å². The fourth-order valence-corrected chi connectivity index (χ4v) is 2.94. The third-order valence-corrected chi connectivity index (χ3v) is 4.76. The summed E-state index contributed by atoms with van der Waals surface area (Å²) in [5.74, 6) is -0.535. The van der Waals surface area contributed by atoms with Gasteiger partial charge in [-0.15, -0.1) is 0 Å². The van der Waals surface area contributed by atoms with E-state index in [0.717, 1.165) is 5.39 Å². The number of hydrogen-bond donors (Lipinski definition) is 3. The third kappa shape index (κ3) is 6.23. The number of carbonyl (C=O) groups is 3. The third-order valence-electron chi connectivity index (χ3n) is 4.76. The first-order valence-electron chi connectivity index (χ1n) is 10.2. The Morgan fingerprint density at radius 2 is 1.73 bits per heavy atom. The van der Waals surface area contributed by atoms with Gasteiger partial charge in [0.05, 0.1) is 6.61 Å². The van der Waals surface area contributed by atoms with E-state index in [9.17, 15) is 14.4 Å². The Balaban J connectivity index is 1.99. The van der Waals surface area contributed by atoms with Gasteiger partial charge in [0.2, 0.25) is 5.91 Å². The number of para-hydroxylation sites is 1. The number of rotatable bonds is 9. The van der Waals surface area contributed by atoms with E-state index in [1.54, 1.807) is 19.1 Å². The predicted molar refractivity (Wildman–Crippen MR) is 114 cm³/mol. The average molecular weight is 418 g/mol. The second kappa shape index (κ2) is 10.7. The van der Waals surface area contributed by atoms with Crippen LogP contribution in [0.2, 0.25) is 0 Å². The number of nitrogens with one attached hydrogen (secondary N) is 3. The van der Waals surface area contributed by atoms with Crippen LogP contribution < -0.4 is 16.0 Å². The molecule has 1 aromatic heterocycles. The Morgan fingerprint density at radius 3 is 2.33 bits per heavy atom. The number of carbonyl (C=O) groups excluding carboxylic acids is 3. The number of ether oxygens (including phenoxy) is 1. The summed E-state index contributed by atoms with van der Waals surface area (Å²) in [6.45, 7) is 9.71. The van der Waals surface area contributed by atoms with Crippen LogP contribution in [0.3, 0.4) is 0 Å². The molecule has 1 aromatic carbocycles. The molecule has 30 heavy (non-hydrogen) atoms. The molecule has 0 unspecified atom stereocenters. The molecular weight excluding hydrogens is 386 g/mol. The first kappa shape index (κ1) is 23.3. The van der Waals surface area contributed by atoms with E-state index in [1.165, 1.54) is 0 Å². The Kier molecular flexibility index (Phi) is 8.26. The van der Waals surface area contributed by atoms with Gasteiger partial charge >= 0.3 is 6.09 Å². The molecule has 0 radical (unpaired) electrons. The smallest absolute Gasteiger partial charge is 0.407 e. The maximum atomic E-state index is 12.8. The van der Waals surface area contributed by atoms with E-state index in [0.29, 0.717) is 5.58 Å². The summed E-state index contributed by atoms with van der Waals surface area (Å²) in [7, 11) is 0. The van der Waals surface area contributed by atoms with Gasteiger partial charge in [-0.25, -0.2) is 4.79 Å². The number of hydrogen-bond acceptors (Lipinski definition) is 5. The standard InChI is InChI=1S/C22H31N3O5/c1-6-29-22(28)25-19(14(4)5)21(27)24-16(13(2)3)12-23-20(26)18-11-15-9-7-8-10-17(15)30-18/h7-11,13-14,16,19H,6,12H2,1-5H3,(H,23,26)(H,24,27)(H,25,28)/t16-,19+/m1/s1. The highest BCUT2D eigenvalue weighted by molar-refractivity contribution is 5.96. The Morgan fingerprint density at radius 1 is 1.03 bits per heavy atom. The predicted octanol–water partition coefficient (Wildman–Crippen LogP) is 3.07. The summed E-state index contributed by atoms with van der Waals surface area (Å²) in [6.07, 6.45) is -0.634. The van der Waals surface area contributed by atoms with Crippen molar-refractivity contribution in [2.24, 2.45) is 11.8 Å². The van der Waals surface area contributed by atoms with E-state index in [-0.39, 0.29) is 48.6 Å². The zero-order chi connectivity index (χ0) is 22.3. The molecule has 8 heteroatoms. The van der Waals surface area contributed by atoms with Crippen LogP contribution >= 0.6 is 0 Å². The number of amides is 3. The summed E-state index contributed by atoms with van der Waals surface area (Å²) >= 11 is 0. The molecule has 0 saturated carbocycles. The van der Waals surface area contributed by atoms with Crippen LogP contribution in [0.4, 0.5) is 4.79 Å². The lowest BCUT2D eigenvalue weighted by Crippen LogP contribution is -2.55. The van der Waals surface area contributed by atoms with Crippen molar-refractivity contribution >= 4 is 28.9 Å². The molecule has 164 valence electrons. The molecule has 8 nitrogen and oxygen atoms in total. The van der Waals surface area contributed by atoms with Crippen molar-refractivity contribution < 1.29 is 23.5 Å². The first-order chi connectivity index (χ1) is 14.2. The minimum absolute atomic E-state index is 0.0559. The summed E-state index contributed by atoms with van der Waals surface area (Å²) in [6, 6.07) is 8.01. The van der Waals surface area contributed by atoms with Crippen molar-refractivity contribution in [1.29, 1.82) is 0 Å². The van der Waals surface area contributed by atoms with E-state index >= 15 is 0 Å². The van der Waals surface area contributed by atoms with Crippen LogP contribution in [0, 0.1) is 11.8 Å². The van der Waals surface area contributed by atoms with Crippen LogP contribution in [0.1, 0.15) is 45.2 Å². The lowest BCUT2D eigenvalue weighted by Gasteiger charge is -2.27. The quantitative estimate of drug-likeness (QED) is 0.581. The summed E-state index contributed by atoms with van der Waals surface area (Å²) < 4.78 is 10.5. The van der Waals surface area contributed by atoms with E-state index in [1.807, 2.05) is 45.9 Å². The SMILES string of the molecule is CCOC(=O)N[C@H](C(=O)N[C@H](CNC(=O)c1cc2ccccc2o1)C(C)C)C(C)C. The zero-order valence-electron chi connectivity index (χ0n) is 18.2. The minimum Gasteiger partial charge on any atom is -0.451 e. The van der Waals surface area contributed by atoms with Gasteiger partial charge in [-0.05, 0) is 30.9 Å². The molecule has 0 aliphatic carbocycles. The maximum Gasteiger partial charge on any atom is 0.407 e. The van der Waals surface area contributed by atoms with Crippen LogP contribution in [0.25, 0.3) is 11.0 Å². The van der Waals surface area contributed by atoms with Crippen molar-refractivity contribution in [3.8, 4) is 0 Å². The first-order valence-corrected chi connectivity index (χ1v) is 10.2. The van der Waals surface area contributed by atoms with Gasteiger partial charge in [0, 0.05) is 18.0 Å². The molecule has 2 atom stereocenters. The fourth-order valence-electron chi connectivity index (χ4n) is 2.94. The van der Waals surface area contributed by atoms with E-state index in [2.05, 4.69) is 16.0 Å². The highest BCUT2D eigenvalue weighted by atomic mass is 16.5. The highest BCUT2D eigenvalue weighted by Crippen LogP contribution is 2.18. The van der Waals surface area contributed by atoms with Gasteiger partial charge in [-0.2, -0.15) is 0 Å².